The standard InChI is InChI=1S/C10H19ClO/c1-6-9(2,3)7-10(4,5)8(11)12/h6-7H2,1-5H3. The molecular weight excluding hydrogens is 172 g/mol. The third-order valence-corrected chi connectivity index (χ3v) is 2.92. The van der Waals surface area contributed by atoms with E-state index < -0.39 is 0 Å². The van der Waals surface area contributed by atoms with Gasteiger partial charge in [-0.1, -0.05) is 41.0 Å². The van der Waals surface area contributed by atoms with E-state index in [1.807, 2.05) is 13.8 Å². The molecule has 0 N–H and O–H groups in total. The van der Waals surface area contributed by atoms with Crippen molar-refractivity contribution in [3.8, 4) is 0 Å². The minimum atomic E-state index is -0.388. The summed E-state index contributed by atoms with van der Waals surface area (Å²) in [5, 5.41) is -0.232. The van der Waals surface area contributed by atoms with Gasteiger partial charge >= 0.3 is 0 Å². The molecule has 72 valence electrons. The van der Waals surface area contributed by atoms with Crippen LogP contribution in [0.2, 0.25) is 0 Å². The van der Waals surface area contributed by atoms with Gasteiger partial charge in [0.1, 0.15) is 0 Å². The minimum Gasteiger partial charge on any atom is -0.281 e. The summed E-state index contributed by atoms with van der Waals surface area (Å²) < 4.78 is 0. The number of carbonyl (C=O) groups excluding carboxylic acids is 1. The Balaban J connectivity index is 4.34. The number of carbonyl (C=O) groups is 1. The first-order valence-electron chi connectivity index (χ1n) is 4.41. The predicted molar refractivity (Wildman–Crippen MR) is 53.3 cm³/mol. The molecule has 0 aromatic heterocycles. The van der Waals surface area contributed by atoms with Gasteiger partial charge in [-0.3, -0.25) is 4.79 Å². The summed E-state index contributed by atoms with van der Waals surface area (Å²) in [7, 11) is 0. The van der Waals surface area contributed by atoms with Gasteiger partial charge in [0.15, 0.2) is 0 Å². The normalized spacial score (nSPS) is 13.2. The van der Waals surface area contributed by atoms with Crippen molar-refractivity contribution in [3.05, 3.63) is 0 Å². The molecule has 1 nitrogen and oxygen atoms in total. The fraction of sp³-hybridized carbons (Fsp3) is 0.900. The monoisotopic (exact) mass is 190 g/mol. The number of halogens is 1. The lowest BCUT2D eigenvalue weighted by molar-refractivity contribution is -0.120. The fourth-order valence-electron chi connectivity index (χ4n) is 1.39. The minimum absolute atomic E-state index is 0.202. The van der Waals surface area contributed by atoms with E-state index in [4.69, 9.17) is 11.6 Å². The lowest BCUT2D eigenvalue weighted by Gasteiger charge is -2.31. The van der Waals surface area contributed by atoms with E-state index in [1.165, 1.54) is 0 Å². The lowest BCUT2D eigenvalue weighted by Crippen LogP contribution is -2.27. The van der Waals surface area contributed by atoms with Crippen molar-refractivity contribution in [1.82, 2.24) is 0 Å². The first-order chi connectivity index (χ1) is 5.21. The smallest absolute Gasteiger partial charge is 0.227 e. The third-order valence-electron chi connectivity index (χ3n) is 2.41. The van der Waals surface area contributed by atoms with Crippen LogP contribution in [0.3, 0.4) is 0 Å². The molecule has 0 atom stereocenters. The number of hydrogen-bond acceptors (Lipinski definition) is 1. The molecule has 0 heterocycles. The third kappa shape index (κ3) is 3.57. The van der Waals surface area contributed by atoms with Crippen molar-refractivity contribution < 1.29 is 4.79 Å². The zero-order chi connectivity index (χ0) is 9.99. The van der Waals surface area contributed by atoms with Crippen LogP contribution in [0.4, 0.5) is 0 Å². The van der Waals surface area contributed by atoms with Crippen LogP contribution in [0.15, 0.2) is 0 Å². The molecule has 0 unspecified atom stereocenters. The van der Waals surface area contributed by atoms with Crippen LogP contribution in [-0.2, 0) is 4.79 Å². The van der Waals surface area contributed by atoms with Crippen LogP contribution in [-0.4, -0.2) is 5.24 Å². The summed E-state index contributed by atoms with van der Waals surface area (Å²) in [4.78, 5) is 11.0. The molecule has 2 heteroatoms. The Labute approximate surface area is 80.5 Å². The molecule has 0 bridgehead atoms. The predicted octanol–water partition coefficient (Wildman–Crippen LogP) is 3.60. The molecule has 0 aromatic carbocycles. The second-order valence-electron chi connectivity index (χ2n) is 4.85. The maximum Gasteiger partial charge on any atom is 0.227 e. The zero-order valence-corrected chi connectivity index (χ0v) is 9.46. The Morgan fingerprint density at radius 1 is 1.25 bits per heavy atom. The van der Waals surface area contributed by atoms with Crippen molar-refractivity contribution in [2.24, 2.45) is 10.8 Å². The molecule has 0 amide bonds. The number of hydrogen-bond donors (Lipinski definition) is 0. The van der Waals surface area contributed by atoms with Crippen molar-refractivity contribution >= 4 is 16.8 Å². The van der Waals surface area contributed by atoms with Crippen LogP contribution in [0.25, 0.3) is 0 Å². The van der Waals surface area contributed by atoms with Gasteiger partial charge in [0.05, 0.1) is 0 Å². The molecule has 0 aliphatic heterocycles. The van der Waals surface area contributed by atoms with E-state index in [0.717, 1.165) is 12.8 Å². The van der Waals surface area contributed by atoms with Gasteiger partial charge in [0, 0.05) is 5.41 Å². The average molecular weight is 191 g/mol. The van der Waals surface area contributed by atoms with E-state index in [-0.39, 0.29) is 16.1 Å². The fourth-order valence-corrected chi connectivity index (χ4v) is 1.46. The highest BCUT2D eigenvalue weighted by Crippen LogP contribution is 2.37. The summed E-state index contributed by atoms with van der Waals surface area (Å²) in [5.41, 5.74) is -0.185. The summed E-state index contributed by atoms with van der Waals surface area (Å²) in [6, 6.07) is 0. The van der Waals surface area contributed by atoms with Crippen molar-refractivity contribution in [2.75, 3.05) is 0 Å². The molecule has 0 saturated carbocycles. The van der Waals surface area contributed by atoms with Crippen LogP contribution in [0.5, 0.6) is 0 Å². The van der Waals surface area contributed by atoms with Gasteiger partial charge < -0.3 is 0 Å². The summed E-state index contributed by atoms with van der Waals surface area (Å²) in [6.07, 6.45) is 1.92. The van der Waals surface area contributed by atoms with Crippen molar-refractivity contribution in [1.29, 1.82) is 0 Å². The Morgan fingerprint density at radius 2 is 1.67 bits per heavy atom. The lowest BCUT2D eigenvalue weighted by atomic mass is 9.74. The van der Waals surface area contributed by atoms with Crippen LogP contribution in [0.1, 0.15) is 47.5 Å². The zero-order valence-electron chi connectivity index (χ0n) is 8.70. The molecule has 0 aromatic rings. The van der Waals surface area contributed by atoms with Crippen LogP contribution < -0.4 is 0 Å². The average Bonchev–Trinajstić information content (AvgIpc) is 1.85. The first kappa shape index (κ1) is 12.0. The Kier molecular flexibility index (Phi) is 3.77. The Bertz CT molecular complexity index is 171. The van der Waals surface area contributed by atoms with Gasteiger partial charge in [-0.2, -0.15) is 0 Å². The Morgan fingerprint density at radius 3 is 1.92 bits per heavy atom. The number of rotatable bonds is 4. The molecular formula is C10H19ClO. The highest BCUT2D eigenvalue weighted by molar-refractivity contribution is 6.64. The second-order valence-corrected chi connectivity index (χ2v) is 5.20. The van der Waals surface area contributed by atoms with E-state index in [0.29, 0.717) is 0 Å². The Hall–Kier alpha value is -0.0400. The maximum absolute atomic E-state index is 11.0. The quantitative estimate of drug-likeness (QED) is 0.620. The van der Waals surface area contributed by atoms with Crippen LogP contribution in [0, 0.1) is 10.8 Å². The summed E-state index contributed by atoms with van der Waals surface area (Å²) in [5.74, 6) is 0. The maximum atomic E-state index is 11.0. The largest absolute Gasteiger partial charge is 0.281 e. The van der Waals surface area contributed by atoms with Gasteiger partial charge in [-0.15, -0.1) is 0 Å². The highest BCUT2D eigenvalue weighted by Gasteiger charge is 2.32. The molecule has 0 aliphatic carbocycles. The first-order valence-corrected chi connectivity index (χ1v) is 4.79. The van der Waals surface area contributed by atoms with E-state index in [1.54, 1.807) is 0 Å². The molecule has 0 saturated heterocycles. The topological polar surface area (TPSA) is 17.1 Å². The molecule has 0 rings (SSSR count). The molecule has 0 spiro atoms. The second kappa shape index (κ2) is 3.78. The van der Waals surface area contributed by atoms with E-state index >= 15 is 0 Å². The van der Waals surface area contributed by atoms with E-state index in [9.17, 15) is 4.79 Å². The highest BCUT2D eigenvalue weighted by atomic mass is 35.5. The van der Waals surface area contributed by atoms with Crippen molar-refractivity contribution in [3.63, 3.8) is 0 Å². The van der Waals surface area contributed by atoms with Gasteiger partial charge in [-0.05, 0) is 23.4 Å². The van der Waals surface area contributed by atoms with Crippen LogP contribution >= 0.6 is 11.6 Å². The molecule has 0 radical (unpaired) electrons. The molecule has 12 heavy (non-hydrogen) atoms. The molecule has 0 aliphatic rings. The summed E-state index contributed by atoms with van der Waals surface area (Å²) in [6.45, 7) is 10.3. The van der Waals surface area contributed by atoms with Gasteiger partial charge in [0.2, 0.25) is 5.24 Å². The van der Waals surface area contributed by atoms with Crippen molar-refractivity contribution in [2.45, 2.75) is 47.5 Å². The summed E-state index contributed by atoms with van der Waals surface area (Å²) >= 11 is 5.49. The van der Waals surface area contributed by atoms with Gasteiger partial charge in [0.25, 0.3) is 0 Å². The van der Waals surface area contributed by atoms with E-state index in [2.05, 4.69) is 20.8 Å². The SMILES string of the molecule is CCC(C)(C)CC(C)(C)C(=O)Cl. The van der Waals surface area contributed by atoms with Gasteiger partial charge in [-0.25, -0.2) is 0 Å². The molecule has 0 fully saturated rings.